The third kappa shape index (κ3) is 2.57. The number of pyridine rings is 1. The van der Waals surface area contributed by atoms with Crippen molar-refractivity contribution in [1.82, 2.24) is 4.57 Å². The molecule has 4 nitrogen and oxygen atoms in total. The Morgan fingerprint density at radius 3 is 2.47 bits per heavy atom. The minimum absolute atomic E-state index is 0.0243. The van der Waals surface area contributed by atoms with Gasteiger partial charge in [-0.2, -0.15) is 0 Å². The highest BCUT2D eigenvalue weighted by Crippen LogP contribution is 2.15. The van der Waals surface area contributed by atoms with Crippen LogP contribution in [0.5, 0.6) is 0 Å². The Labute approximate surface area is 101 Å². The number of aromatic nitrogens is 1. The first-order valence-electron chi connectivity index (χ1n) is 5.80. The summed E-state index contributed by atoms with van der Waals surface area (Å²) < 4.78 is 6.62. The van der Waals surface area contributed by atoms with Crippen molar-refractivity contribution in [1.29, 1.82) is 0 Å². The van der Waals surface area contributed by atoms with Crippen LogP contribution in [0.1, 0.15) is 48.4 Å². The summed E-state index contributed by atoms with van der Waals surface area (Å²) in [6, 6.07) is 1.51. The summed E-state index contributed by atoms with van der Waals surface area (Å²) in [5.41, 5.74) is 1.76. The molecule has 0 aromatic carbocycles. The van der Waals surface area contributed by atoms with Gasteiger partial charge in [0.05, 0.1) is 12.2 Å². The summed E-state index contributed by atoms with van der Waals surface area (Å²) >= 11 is 0. The second-order valence-electron chi connectivity index (χ2n) is 4.31. The number of hydrogen-bond donors (Lipinski definition) is 0. The molecular formula is C13H19NO3. The molecule has 0 N–H and O–H groups in total. The molecule has 0 spiro atoms. The predicted molar refractivity (Wildman–Crippen MR) is 66.5 cm³/mol. The quantitative estimate of drug-likeness (QED) is 0.757. The van der Waals surface area contributed by atoms with Gasteiger partial charge in [-0.05, 0) is 40.2 Å². The van der Waals surface area contributed by atoms with Crippen molar-refractivity contribution in [2.45, 2.75) is 40.7 Å². The highest BCUT2D eigenvalue weighted by Gasteiger charge is 2.18. The maximum absolute atomic E-state index is 11.8. The Bertz CT molecular complexity index is 486. The molecule has 1 heterocycles. The van der Waals surface area contributed by atoms with Crippen LogP contribution in [0.4, 0.5) is 0 Å². The zero-order valence-corrected chi connectivity index (χ0v) is 11.0. The van der Waals surface area contributed by atoms with Gasteiger partial charge in [0, 0.05) is 17.8 Å². The monoisotopic (exact) mass is 237 g/mol. The standard InChI is InChI=1S/C13H19NO3/c1-6-17-13(16)12-9(4)7-11(15)14(8(2)3)10(12)5/h7-8H,6H2,1-5H3. The van der Waals surface area contributed by atoms with Gasteiger partial charge in [-0.15, -0.1) is 0 Å². The van der Waals surface area contributed by atoms with Gasteiger partial charge in [-0.3, -0.25) is 4.79 Å². The minimum Gasteiger partial charge on any atom is -0.462 e. The van der Waals surface area contributed by atoms with E-state index in [-0.39, 0.29) is 17.6 Å². The number of hydrogen-bond acceptors (Lipinski definition) is 3. The van der Waals surface area contributed by atoms with Gasteiger partial charge in [0.25, 0.3) is 5.56 Å². The van der Waals surface area contributed by atoms with Crippen molar-refractivity contribution in [2.75, 3.05) is 6.61 Å². The molecule has 1 aromatic heterocycles. The molecule has 0 saturated heterocycles. The van der Waals surface area contributed by atoms with Crippen LogP contribution >= 0.6 is 0 Å². The molecule has 0 aliphatic rings. The van der Waals surface area contributed by atoms with Crippen LogP contribution in [0.3, 0.4) is 0 Å². The summed E-state index contributed by atoms with van der Waals surface area (Å²) in [6.07, 6.45) is 0. The first-order valence-corrected chi connectivity index (χ1v) is 5.80. The molecule has 1 aromatic rings. The number of esters is 1. The van der Waals surface area contributed by atoms with Crippen LogP contribution in [-0.2, 0) is 4.74 Å². The van der Waals surface area contributed by atoms with Crippen LogP contribution in [-0.4, -0.2) is 17.1 Å². The van der Waals surface area contributed by atoms with E-state index in [2.05, 4.69) is 0 Å². The van der Waals surface area contributed by atoms with Gasteiger partial charge in [0.15, 0.2) is 0 Å². The van der Waals surface area contributed by atoms with Crippen LogP contribution < -0.4 is 5.56 Å². The summed E-state index contributed by atoms with van der Waals surface area (Å²) in [4.78, 5) is 23.7. The molecule has 0 aliphatic carbocycles. The summed E-state index contributed by atoms with van der Waals surface area (Å²) in [6.45, 7) is 9.46. The van der Waals surface area contributed by atoms with E-state index in [4.69, 9.17) is 4.74 Å². The molecule has 0 bridgehead atoms. The van der Waals surface area contributed by atoms with Crippen LogP contribution in [0.2, 0.25) is 0 Å². The fourth-order valence-electron chi connectivity index (χ4n) is 2.05. The van der Waals surface area contributed by atoms with Gasteiger partial charge >= 0.3 is 5.97 Å². The zero-order valence-electron chi connectivity index (χ0n) is 11.0. The largest absolute Gasteiger partial charge is 0.462 e. The maximum atomic E-state index is 11.8. The Balaban J connectivity index is 3.46. The number of rotatable bonds is 3. The van der Waals surface area contributed by atoms with E-state index in [0.717, 1.165) is 0 Å². The first kappa shape index (κ1) is 13.5. The SMILES string of the molecule is CCOC(=O)c1c(C)cc(=O)n(C(C)C)c1C. The zero-order chi connectivity index (χ0) is 13.2. The van der Waals surface area contributed by atoms with E-state index in [1.54, 1.807) is 25.3 Å². The fraction of sp³-hybridized carbons (Fsp3) is 0.538. The van der Waals surface area contributed by atoms with Crippen molar-refractivity contribution in [2.24, 2.45) is 0 Å². The third-order valence-electron chi connectivity index (χ3n) is 2.69. The van der Waals surface area contributed by atoms with Gasteiger partial charge in [-0.25, -0.2) is 4.79 Å². The fourth-order valence-corrected chi connectivity index (χ4v) is 2.05. The van der Waals surface area contributed by atoms with E-state index < -0.39 is 0 Å². The van der Waals surface area contributed by atoms with Crippen LogP contribution in [0.15, 0.2) is 10.9 Å². The lowest BCUT2D eigenvalue weighted by atomic mass is 10.1. The summed E-state index contributed by atoms with van der Waals surface area (Å²) in [5, 5.41) is 0. The maximum Gasteiger partial charge on any atom is 0.340 e. The first-order chi connectivity index (χ1) is 7.90. The predicted octanol–water partition coefficient (Wildman–Crippen LogP) is 2.22. The average Bonchev–Trinajstić information content (AvgIpc) is 2.15. The van der Waals surface area contributed by atoms with Gasteiger partial charge in [-0.1, -0.05) is 0 Å². The van der Waals surface area contributed by atoms with Crippen LogP contribution in [0, 0.1) is 13.8 Å². The lowest BCUT2D eigenvalue weighted by Crippen LogP contribution is -2.27. The number of nitrogens with zero attached hydrogens (tertiary/aromatic N) is 1. The lowest BCUT2D eigenvalue weighted by molar-refractivity contribution is 0.0523. The van der Waals surface area contributed by atoms with E-state index in [9.17, 15) is 9.59 Å². The van der Waals surface area contributed by atoms with E-state index in [1.807, 2.05) is 13.8 Å². The molecule has 0 aliphatic heterocycles. The number of carbonyl (C=O) groups excluding carboxylic acids is 1. The average molecular weight is 237 g/mol. The number of aryl methyl sites for hydroxylation is 1. The van der Waals surface area contributed by atoms with Crippen molar-refractivity contribution >= 4 is 5.97 Å². The van der Waals surface area contributed by atoms with E-state index >= 15 is 0 Å². The number of carbonyl (C=O) groups is 1. The molecule has 0 saturated carbocycles. The van der Waals surface area contributed by atoms with Gasteiger partial charge < -0.3 is 9.30 Å². The Morgan fingerprint density at radius 1 is 1.41 bits per heavy atom. The van der Waals surface area contributed by atoms with Crippen molar-refractivity contribution in [3.63, 3.8) is 0 Å². The van der Waals surface area contributed by atoms with Crippen molar-refractivity contribution in [3.8, 4) is 0 Å². The normalized spacial score (nSPS) is 10.7. The molecule has 17 heavy (non-hydrogen) atoms. The lowest BCUT2D eigenvalue weighted by Gasteiger charge is -2.18. The smallest absolute Gasteiger partial charge is 0.340 e. The molecule has 0 unspecified atom stereocenters. The van der Waals surface area contributed by atoms with Gasteiger partial charge in [0.2, 0.25) is 0 Å². The molecule has 4 heteroatoms. The molecule has 94 valence electrons. The van der Waals surface area contributed by atoms with Crippen molar-refractivity contribution in [3.05, 3.63) is 33.2 Å². The Hall–Kier alpha value is -1.58. The molecule has 0 amide bonds. The molecule has 0 atom stereocenters. The van der Waals surface area contributed by atoms with E-state index in [1.165, 1.54) is 6.07 Å². The third-order valence-corrected chi connectivity index (χ3v) is 2.69. The number of ether oxygens (including phenoxy) is 1. The highest BCUT2D eigenvalue weighted by molar-refractivity contribution is 5.92. The summed E-state index contributed by atoms with van der Waals surface area (Å²) in [5.74, 6) is -0.364. The Morgan fingerprint density at radius 2 is 2.00 bits per heavy atom. The van der Waals surface area contributed by atoms with Gasteiger partial charge in [0.1, 0.15) is 0 Å². The Kier molecular flexibility index (Phi) is 4.10. The highest BCUT2D eigenvalue weighted by atomic mass is 16.5. The molecular weight excluding hydrogens is 218 g/mol. The molecule has 0 fully saturated rings. The molecule has 1 rings (SSSR count). The van der Waals surface area contributed by atoms with Crippen LogP contribution in [0.25, 0.3) is 0 Å². The second-order valence-corrected chi connectivity index (χ2v) is 4.31. The topological polar surface area (TPSA) is 48.3 Å². The minimum atomic E-state index is -0.364. The van der Waals surface area contributed by atoms with E-state index in [0.29, 0.717) is 23.4 Å². The summed E-state index contributed by atoms with van der Waals surface area (Å²) in [7, 11) is 0. The second kappa shape index (κ2) is 5.17. The van der Waals surface area contributed by atoms with Crippen molar-refractivity contribution < 1.29 is 9.53 Å². The molecule has 0 radical (unpaired) electrons.